The van der Waals surface area contributed by atoms with Crippen molar-refractivity contribution in [2.24, 2.45) is 11.3 Å². The van der Waals surface area contributed by atoms with Gasteiger partial charge in [-0.05, 0) is 50.1 Å². The van der Waals surface area contributed by atoms with Gasteiger partial charge < -0.3 is 19.9 Å². The molecular formula is C31H31ClFN3O3. The minimum Gasteiger partial charge on any atom is -0.379 e. The third-order valence-corrected chi connectivity index (χ3v) is 8.81. The van der Waals surface area contributed by atoms with Gasteiger partial charge in [-0.15, -0.1) is 0 Å². The number of carbonyl (C=O) groups excluding carboxylic acids is 2. The highest BCUT2D eigenvalue weighted by atomic mass is 35.5. The number of anilines is 3. The Morgan fingerprint density at radius 1 is 1.00 bits per heavy atom. The Morgan fingerprint density at radius 2 is 1.67 bits per heavy atom. The van der Waals surface area contributed by atoms with Crippen molar-refractivity contribution in [1.82, 2.24) is 0 Å². The van der Waals surface area contributed by atoms with E-state index in [0.29, 0.717) is 72.2 Å². The summed E-state index contributed by atoms with van der Waals surface area (Å²) < 4.78 is 22.9. The number of para-hydroxylation sites is 1. The number of hydrogen-bond donors (Lipinski definition) is 1. The van der Waals surface area contributed by atoms with Gasteiger partial charge in [-0.2, -0.15) is 0 Å². The van der Waals surface area contributed by atoms with Crippen LogP contribution in [0.4, 0.5) is 21.5 Å². The molecule has 202 valence electrons. The van der Waals surface area contributed by atoms with Gasteiger partial charge >= 0.3 is 0 Å². The average molecular weight is 548 g/mol. The highest BCUT2D eigenvalue weighted by Crippen LogP contribution is 2.51. The average Bonchev–Trinajstić information content (AvgIpc) is 3.01. The number of carbonyl (C=O) groups is 2. The Morgan fingerprint density at radius 3 is 2.33 bits per heavy atom. The molecule has 6 rings (SSSR count). The van der Waals surface area contributed by atoms with E-state index in [1.165, 1.54) is 0 Å². The molecule has 2 saturated heterocycles. The molecule has 1 N–H and O–H groups in total. The van der Waals surface area contributed by atoms with Gasteiger partial charge in [-0.3, -0.25) is 9.59 Å². The van der Waals surface area contributed by atoms with Gasteiger partial charge in [-0.1, -0.05) is 48.0 Å². The molecule has 0 saturated carbocycles. The quantitative estimate of drug-likeness (QED) is 0.433. The number of hydrogen-bond acceptors (Lipinski definition) is 4. The fourth-order valence-electron chi connectivity index (χ4n) is 6.12. The number of benzene rings is 3. The van der Waals surface area contributed by atoms with Crippen LogP contribution in [-0.4, -0.2) is 45.2 Å². The van der Waals surface area contributed by atoms with E-state index in [9.17, 15) is 9.59 Å². The second-order valence-corrected chi connectivity index (χ2v) is 11.5. The van der Waals surface area contributed by atoms with E-state index >= 15 is 4.39 Å². The summed E-state index contributed by atoms with van der Waals surface area (Å²) in [4.78, 5) is 29.6. The summed E-state index contributed by atoms with van der Waals surface area (Å²) in [5.41, 5.74) is 1.16. The summed E-state index contributed by atoms with van der Waals surface area (Å²) in [6.07, 6.45) is 1.18. The first-order valence-corrected chi connectivity index (χ1v) is 13.7. The second kappa shape index (κ2) is 9.65. The van der Waals surface area contributed by atoms with Crippen LogP contribution in [0.5, 0.6) is 0 Å². The van der Waals surface area contributed by atoms with Gasteiger partial charge in [0.2, 0.25) is 5.91 Å². The van der Waals surface area contributed by atoms with Crippen molar-refractivity contribution in [1.29, 1.82) is 0 Å². The van der Waals surface area contributed by atoms with E-state index in [-0.39, 0.29) is 17.7 Å². The lowest BCUT2D eigenvalue weighted by Crippen LogP contribution is -2.49. The topological polar surface area (TPSA) is 61.9 Å². The van der Waals surface area contributed by atoms with E-state index in [0.717, 1.165) is 5.69 Å². The molecule has 0 aliphatic carbocycles. The normalized spacial score (nSPS) is 22.4. The van der Waals surface area contributed by atoms with Gasteiger partial charge in [0, 0.05) is 48.4 Å². The van der Waals surface area contributed by atoms with Crippen LogP contribution in [-0.2, 0) is 15.2 Å². The molecule has 3 aliphatic rings. The number of nitrogens with zero attached hydrogens (tertiary/aromatic N) is 2. The van der Waals surface area contributed by atoms with Crippen LogP contribution in [0, 0.1) is 11.3 Å². The first-order valence-electron chi connectivity index (χ1n) is 13.3. The minimum atomic E-state index is -1.81. The monoisotopic (exact) mass is 547 g/mol. The molecule has 8 heteroatoms. The van der Waals surface area contributed by atoms with Crippen LogP contribution in [0.2, 0.25) is 5.02 Å². The summed E-state index contributed by atoms with van der Waals surface area (Å²) in [6.45, 7) is 3.93. The Labute approximate surface area is 232 Å². The summed E-state index contributed by atoms with van der Waals surface area (Å²) in [6, 6.07) is 19.9. The van der Waals surface area contributed by atoms with Crippen molar-refractivity contribution < 1.29 is 18.7 Å². The molecule has 2 amide bonds. The Balaban J connectivity index is 1.25. The maximum absolute atomic E-state index is 17.7. The number of nitrogens with one attached hydrogen (secondary N) is 1. The lowest BCUT2D eigenvalue weighted by Gasteiger charge is -2.42. The lowest BCUT2D eigenvalue weighted by atomic mass is 9.72. The summed E-state index contributed by atoms with van der Waals surface area (Å²) in [5.74, 6) is -0.606. The largest absolute Gasteiger partial charge is 0.379 e. The van der Waals surface area contributed by atoms with Gasteiger partial charge in [0.05, 0.1) is 35.0 Å². The van der Waals surface area contributed by atoms with Crippen molar-refractivity contribution in [2.45, 2.75) is 25.4 Å². The maximum Gasteiger partial charge on any atom is 0.258 e. The number of rotatable bonds is 4. The predicted octanol–water partition coefficient (Wildman–Crippen LogP) is 6.03. The summed E-state index contributed by atoms with van der Waals surface area (Å²) >= 11 is 6.67. The van der Waals surface area contributed by atoms with Crippen LogP contribution in [0.15, 0.2) is 66.7 Å². The SMILES string of the molecule is CN1C(=O)c2ccccc2C(F)(C2CCN(c3ccc(NC(=O)C4(C)COC4)cc3Cl)CC2)c2ccccc21. The molecule has 1 unspecified atom stereocenters. The van der Waals surface area contributed by atoms with E-state index in [1.54, 1.807) is 36.2 Å². The van der Waals surface area contributed by atoms with E-state index < -0.39 is 11.1 Å². The minimum absolute atomic E-state index is 0.0836. The molecule has 39 heavy (non-hydrogen) atoms. The molecule has 1 atom stereocenters. The number of amides is 2. The zero-order chi connectivity index (χ0) is 27.4. The van der Waals surface area contributed by atoms with Gasteiger partial charge in [-0.25, -0.2) is 4.39 Å². The fraction of sp³-hybridized carbons (Fsp3) is 0.355. The first kappa shape index (κ1) is 25.8. The number of fused-ring (bicyclic) bond motifs is 2. The summed E-state index contributed by atoms with van der Waals surface area (Å²) in [5, 5.41) is 3.47. The predicted molar refractivity (Wildman–Crippen MR) is 151 cm³/mol. The molecule has 3 heterocycles. The highest BCUT2D eigenvalue weighted by Gasteiger charge is 2.49. The van der Waals surface area contributed by atoms with E-state index in [4.69, 9.17) is 16.3 Å². The molecule has 0 spiro atoms. The lowest BCUT2D eigenvalue weighted by molar-refractivity contribution is -0.151. The number of ether oxygens (including phenoxy) is 1. The first-order chi connectivity index (χ1) is 18.7. The van der Waals surface area contributed by atoms with Gasteiger partial charge in [0.1, 0.15) is 0 Å². The van der Waals surface area contributed by atoms with Crippen molar-refractivity contribution in [3.05, 3.63) is 88.4 Å². The molecule has 3 aromatic carbocycles. The second-order valence-electron chi connectivity index (χ2n) is 11.1. The highest BCUT2D eigenvalue weighted by molar-refractivity contribution is 6.33. The zero-order valence-electron chi connectivity index (χ0n) is 22.0. The maximum atomic E-state index is 17.7. The smallest absolute Gasteiger partial charge is 0.258 e. The van der Waals surface area contributed by atoms with Crippen LogP contribution in [0.1, 0.15) is 41.3 Å². The van der Waals surface area contributed by atoms with Crippen LogP contribution in [0.25, 0.3) is 0 Å². The van der Waals surface area contributed by atoms with Crippen LogP contribution in [0.3, 0.4) is 0 Å². The Hall–Kier alpha value is -3.42. The van der Waals surface area contributed by atoms with E-state index in [2.05, 4.69) is 10.2 Å². The Bertz CT molecular complexity index is 1450. The van der Waals surface area contributed by atoms with Gasteiger partial charge in [0.15, 0.2) is 5.67 Å². The molecule has 0 bridgehead atoms. The number of piperidine rings is 1. The summed E-state index contributed by atoms with van der Waals surface area (Å²) in [7, 11) is 1.71. The molecule has 2 fully saturated rings. The zero-order valence-corrected chi connectivity index (χ0v) is 22.8. The molecule has 0 aromatic heterocycles. The molecule has 3 aliphatic heterocycles. The molecular weight excluding hydrogens is 517 g/mol. The number of alkyl halides is 1. The van der Waals surface area contributed by atoms with Crippen LogP contribution >= 0.6 is 11.6 Å². The van der Waals surface area contributed by atoms with Crippen molar-refractivity contribution in [3.63, 3.8) is 0 Å². The van der Waals surface area contributed by atoms with Crippen LogP contribution < -0.4 is 15.1 Å². The molecule has 6 nitrogen and oxygen atoms in total. The van der Waals surface area contributed by atoms with E-state index in [1.807, 2.05) is 49.4 Å². The van der Waals surface area contributed by atoms with Crippen molar-refractivity contribution in [3.8, 4) is 0 Å². The number of halogens is 2. The standard InChI is InChI=1S/C31H31ClFN3O3/c1-30(18-39-19-30)29(38)34-21-11-12-27(25(32)17-21)36-15-13-20(14-16-36)31(33)23-8-4-3-7-22(23)28(37)35(2)26-10-6-5-9-24(26)31/h3-12,17,20H,13-16,18-19H2,1-2H3,(H,34,38). The fourth-order valence-corrected chi connectivity index (χ4v) is 6.42. The van der Waals surface area contributed by atoms with Gasteiger partial charge in [0.25, 0.3) is 5.91 Å². The third kappa shape index (κ3) is 4.19. The Kier molecular flexibility index (Phi) is 6.39. The molecule has 0 radical (unpaired) electrons. The van der Waals surface area contributed by atoms with Crippen molar-refractivity contribution in [2.75, 3.05) is 48.5 Å². The third-order valence-electron chi connectivity index (χ3n) is 8.50. The molecule has 3 aromatic rings. The van der Waals surface area contributed by atoms with Crippen molar-refractivity contribution >= 4 is 40.5 Å².